The van der Waals surface area contributed by atoms with Gasteiger partial charge in [-0.15, -0.1) is 11.3 Å². The first-order valence-corrected chi connectivity index (χ1v) is 12.3. The molecule has 3 heterocycles. The summed E-state index contributed by atoms with van der Waals surface area (Å²) in [5.41, 5.74) is 2.12. The second-order valence-corrected chi connectivity index (χ2v) is 10.8. The lowest BCUT2D eigenvalue weighted by Crippen LogP contribution is -2.22. The Hall–Kier alpha value is -3.08. The van der Waals surface area contributed by atoms with E-state index >= 15 is 0 Å². The predicted molar refractivity (Wildman–Crippen MR) is 126 cm³/mol. The van der Waals surface area contributed by atoms with E-state index in [0.29, 0.717) is 28.0 Å². The van der Waals surface area contributed by atoms with Crippen LogP contribution in [0.5, 0.6) is 0 Å². The average molecular weight is 470 g/mol. The molecule has 32 heavy (non-hydrogen) atoms. The number of pyridine rings is 1. The van der Waals surface area contributed by atoms with Crippen LogP contribution in [0.3, 0.4) is 0 Å². The van der Waals surface area contributed by atoms with Crippen molar-refractivity contribution in [2.24, 2.45) is 0 Å². The fourth-order valence-corrected chi connectivity index (χ4v) is 4.91. The maximum atomic E-state index is 13.3. The summed E-state index contributed by atoms with van der Waals surface area (Å²) in [4.78, 5) is 19.1. The number of anilines is 1. The molecular weight excluding hydrogens is 446 g/mol. The van der Waals surface area contributed by atoms with Crippen molar-refractivity contribution in [3.05, 3.63) is 59.6 Å². The van der Waals surface area contributed by atoms with Crippen LogP contribution in [0.15, 0.2) is 58.9 Å². The molecule has 0 fully saturated rings. The minimum atomic E-state index is -3.62. The Bertz CT molecular complexity index is 1390. The van der Waals surface area contributed by atoms with Crippen LogP contribution < -0.4 is 5.32 Å². The highest BCUT2D eigenvalue weighted by molar-refractivity contribution is 7.89. The Labute approximate surface area is 190 Å². The standard InChI is InChI=1S/C22H23N5O3S2/c1-14(2)27-21-18(13-23-27)17(12-19(25-21)20-9-6-10-31-20)22(28)24-15-7-5-8-16(11-15)32(29,30)26(3)4/h5-14H,1-4H3,(H,24,28). The minimum absolute atomic E-state index is 0.0717. The molecule has 0 unspecified atom stereocenters. The maximum absolute atomic E-state index is 13.3. The number of carbonyl (C=O) groups excluding carboxylic acids is 1. The van der Waals surface area contributed by atoms with E-state index in [2.05, 4.69) is 10.4 Å². The van der Waals surface area contributed by atoms with Gasteiger partial charge in [-0.3, -0.25) is 4.79 Å². The van der Waals surface area contributed by atoms with Gasteiger partial charge in [-0.2, -0.15) is 5.10 Å². The first-order chi connectivity index (χ1) is 15.2. The van der Waals surface area contributed by atoms with Crippen molar-refractivity contribution in [3.8, 4) is 10.6 Å². The van der Waals surface area contributed by atoms with Gasteiger partial charge in [-0.25, -0.2) is 22.4 Å². The Kier molecular flexibility index (Phi) is 5.85. The minimum Gasteiger partial charge on any atom is -0.322 e. The summed E-state index contributed by atoms with van der Waals surface area (Å²) in [5.74, 6) is -0.363. The van der Waals surface area contributed by atoms with Gasteiger partial charge in [0.15, 0.2) is 5.65 Å². The van der Waals surface area contributed by atoms with Gasteiger partial charge >= 0.3 is 0 Å². The van der Waals surface area contributed by atoms with E-state index in [1.54, 1.807) is 29.1 Å². The van der Waals surface area contributed by atoms with Crippen molar-refractivity contribution in [3.63, 3.8) is 0 Å². The van der Waals surface area contributed by atoms with Crippen LogP contribution in [-0.4, -0.2) is 47.5 Å². The number of thiophene rings is 1. The van der Waals surface area contributed by atoms with E-state index in [-0.39, 0.29) is 16.8 Å². The highest BCUT2D eigenvalue weighted by Crippen LogP contribution is 2.29. The monoisotopic (exact) mass is 469 g/mol. The van der Waals surface area contributed by atoms with Crippen LogP contribution in [0.2, 0.25) is 0 Å². The molecule has 0 spiro atoms. The normalized spacial score (nSPS) is 12.1. The van der Waals surface area contributed by atoms with Crippen molar-refractivity contribution in [1.29, 1.82) is 0 Å². The van der Waals surface area contributed by atoms with Crippen LogP contribution in [0, 0.1) is 0 Å². The number of aromatic nitrogens is 3. The molecule has 0 saturated carbocycles. The number of sulfonamides is 1. The van der Waals surface area contributed by atoms with E-state index in [0.717, 1.165) is 9.18 Å². The Morgan fingerprint density at radius 1 is 1.16 bits per heavy atom. The number of rotatable bonds is 6. The van der Waals surface area contributed by atoms with Gasteiger partial charge in [0.1, 0.15) is 0 Å². The number of hydrogen-bond acceptors (Lipinski definition) is 6. The van der Waals surface area contributed by atoms with Gasteiger partial charge in [-0.1, -0.05) is 12.1 Å². The molecule has 1 N–H and O–H groups in total. The summed E-state index contributed by atoms with van der Waals surface area (Å²) in [6.45, 7) is 4.00. The summed E-state index contributed by atoms with van der Waals surface area (Å²) in [6.07, 6.45) is 1.64. The van der Waals surface area contributed by atoms with Crippen molar-refractivity contribution in [2.45, 2.75) is 24.8 Å². The first kappa shape index (κ1) is 22.1. The van der Waals surface area contributed by atoms with Crippen molar-refractivity contribution in [2.75, 3.05) is 19.4 Å². The summed E-state index contributed by atoms with van der Waals surface area (Å²) >= 11 is 1.54. The molecule has 4 rings (SSSR count). The SMILES string of the molecule is CC(C)n1ncc2c(C(=O)Nc3cccc(S(=O)(=O)N(C)C)c3)cc(-c3cccs3)nc21. The lowest BCUT2D eigenvalue weighted by Gasteiger charge is -2.13. The Morgan fingerprint density at radius 2 is 1.94 bits per heavy atom. The number of hydrogen-bond donors (Lipinski definition) is 1. The fourth-order valence-electron chi connectivity index (χ4n) is 3.28. The average Bonchev–Trinajstić information content (AvgIpc) is 3.43. The third-order valence-corrected chi connectivity index (χ3v) is 7.65. The van der Waals surface area contributed by atoms with Gasteiger partial charge in [0, 0.05) is 25.8 Å². The highest BCUT2D eigenvalue weighted by atomic mass is 32.2. The second-order valence-electron chi connectivity index (χ2n) is 7.72. The number of carbonyl (C=O) groups is 1. The molecule has 1 amide bonds. The number of amides is 1. The largest absolute Gasteiger partial charge is 0.322 e. The van der Waals surface area contributed by atoms with E-state index < -0.39 is 10.0 Å². The Morgan fingerprint density at radius 3 is 2.59 bits per heavy atom. The number of nitrogens with zero attached hydrogens (tertiary/aromatic N) is 4. The van der Waals surface area contributed by atoms with Gasteiger partial charge < -0.3 is 5.32 Å². The topological polar surface area (TPSA) is 97.2 Å². The van der Waals surface area contributed by atoms with Crippen molar-refractivity contribution < 1.29 is 13.2 Å². The molecule has 0 aliphatic heterocycles. The molecule has 1 aromatic carbocycles. The first-order valence-electron chi connectivity index (χ1n) is 9.94. The van der Waals surface area contributed by atoms with Crippen molar-refractivity contribution in [1.82, 2.24) is 19.1 Å². The van der Waals surface area contributed by atoms with Crippen LogP contribution in [-0.2, 0) is 10.0 Å². The van der Waals surface area contributed by atoms with E-state index in [9.17, 15) is 13.2 Å². The molecule has 0 bridgehead atoms. The van der Waals surface area contributed by atoms with Crippen LogP contribution in [0.1, 0.15) is 30.2 Å². The van der Waals surface area contributed by atoms with E-state index in [1.807, 2.05) is 31.4 Å². The summed E-state index contributed by atoms with van der Waals surface area (Å²) in [5, 5.41) is 9.84. The molecule has 3 aromatic heterocycles. The molecule has 0 saturated heterocycles. The molecule has 0 atom stereocenters. The van der Waals surface area contributed by atoms with Crippen LogP contribution in [0.25, 0.3) is 21.6 Å². The maximum Gasteiger partial charge on any atom is 0.256 e. The molecule has 8 nitrogen and oxygen atoms in total. The zero-order valence-electron chi connectivity index (χ0n) is 18.1. The highest BCUT2D eigenvalue weighted by Gasteiger charge is 2.21. The zero-order chi connectivity index (χ0) is 23.0. The summed E-state index contributed by atoms with van der Waals surface area (Å²) < 4.78 is 27.8. The van der Waals surface area contributed by atoms with Gasteiger partial charge in [-0.05, 0) is 49.6 Å². The van der Waals surface area contributed by atoms with Gasteiger partial charge in [0.05, 0.1) is 32.6 Å². The smallest absolute Gasteiger partial charge is 0.256 e. The number of benzene rings is 1. The van der Waals surface area contributed by atoms with Crippen LogP contribution >= 0.6 is 11.3 Å². The molecule has 0 aliphatic carbocycles. The molecular formula is C22H23N5O3S2. The zero-order valence-corrected chi connectivity index (χ0v) is 19.7. The third-order valence-electron chi connectivity index (χ3n) is 4.94. The molecule has 4 aromatic rings. The number of nitrogens with one attached hydrogen (secondary N) is 1. The third kappa shape index (κ3) is 4.04. The quantitative estimate of drug-likeness (QED) is 0.455. The molecule has 166 valence electrons. The lowest BCUT2D eigenvalue weighted by molar-refractivity contribution is 0.102. The number of fused-ring (bicyclic) bond motifs is 1. The van der Waals surface area contributed by atoms with Gasteiger partial charge in [0.25, 0.3) is 5.91 Å². The van der Waals surface area contributed by atoms with E-state index in [1.165, 1.54) is 37.6 Å². The van der Waals surface area contributed by atoms with Crippen molar-refractivity contribution >= 4 is 44.0 Å². The second kappa shape index (κ2) is 8.45. The van der Waals surface area contributed by atoms with E-state index in [4.69, 9.17) is 4.98 Å². The molecule has 0 radical (unpaired) electrons. The predicted octanol–water partition coefficient (Wildman–Crippen LogP) is 4.24. The van der Waals surface area contributed by atoms with Gasteiger partial charge in [0.2, 0.25) is 10.0 Å². The summed E-state index contributed by atoms with van der Waals surface area (Å²) in [7, 11) is -0.687. The molecule has 10 heteroatoms. The fraction of sp³-hybridized carbons (Fsp3) is 0.227. The summed E-state index contributed by atoms with van der Waals surface area (Å²) in [6, 6.07) is 11.9. The Balaban J connectivity index is 1.78. The lowest BCUT2D eigenvalue weighted by atomic mass is 10.1. The van der Waals surface area contributed by atoms with Crippen LogP contribution in [0.4, 0.5) is 5.69 Å². The molecule has 0 aliphatic rings.